The minimum Gasteiger partial charge on any atom is -0.465 e. The van der Waals surface area contributed by atoms with Crippen molar-refractivity contribution in [3.8, 4) is 11.1 Å². The molecule has 2 aromatic carbocycles. The molecule has 0 aliphatic carbocycles. The molecule has 2 N–H and O–H groups in total. The summed E-state index contributed by atoms with van der Waals surface area (Å²) in [6, 6.07) is 14.7. The molecular weight excluding hydrogens is 388 g/mol. The van der Waals surface area contributed by atoms with Crippen molar-refractivity contribution in [2.24, 2.45) is 5.73 Å². The number of ether oxygens (including phenoxy) is 1. The molecule has 0 bridgehead atoms. The van der Waals surface area contributed by atoms with Gasteiger partial charge in [0.05, 0.1) is 18.2 Å². The van der Waals surface area contributed by atoms with E-state index in [1.807, 2.05) is 50.2 Å². The lowest BCUT2D eigenvalue weighted by Crippen LogP contribution is -2.13. The van der Waals surface area contributed by atoms with Crippen molar-refractivity contribution in [2.75, 3.05) is 7.11 Å². The fourth-order valence-corrected chi connectivity index (χ4v) is 3.91. The number of rotatable bonds is 6. The minimum absolute atomic E-state index is 0.405. The molecule has 0 saturated heterocycles. The Labute approximate surface area is 175 Å². The summed E-state index contributed by atoms with van der Waals surface area (Å²) >= 11 is 6.14. The van der Waals surface area contributed by atoms with E-state index < -0.39 is 11.9 Å². The van der Waals surface area contributed by atoms with E-state index >= 15 is 0 Å². The predicted molar refractivity (Wildman–Crippen MR) is 114 cm³/mol. The summed E-state index contributed by atoms with van der Waals surface area (Å²) in [4.78, 5) is 24.1. The molecule has 5 nitrogen and oxygen atoms in total. The van der Waals surface area contributed by atoms with Gasteiger partial charge in [-0.25, -0.2) is 4.79 Å². The third kappa shape index (κ3) is 4.05. The Morgan fingerprint density at radius 1 is 1.14 bits per heavy atom. The standard InChI is InChI=1S/C23H23ClN2O3/c1-4-19-21(16-8-10-17(11-9-16)23(28)29-3)20(22(25)27)14(2)26(19)13-15-6-5-7-18(24)12-15/h5-12H,4,13H2,1-3H3,(H2,25,27). The number of hydrogen-bond donors (Lipinski definition) is 1. The Balaban J connectivity index is 2.16. The van der Waals surface area contributed by atoms with Gasteiger partial charge in [-0.1, -0.05) is 42.8 Å². The van der Waals surface area contributed by atoms with Gasteiger partial charge in [0.2, 0.25) is 0 Å². The van der Waals surface area contributed by atoms with Crippen molar-refractivity contribution in [2.45, 2.75) is 26.8 Å². The molecule has 29 heavy (non-hydrogen) atoms. The highest BCUT2D eigenvalue weighted by molar-refractivity contribution is 6.30. The number of aromatic nitrogens is 1. The highest BCUT2D eigenvalue weighted by Gasteiger charge is 2.24. The summed E-state index contributed by atoms with van der Waals surface area (Å²) in [5.41, 5.74) is 11.2. The lowest BCUT2D eigenvalue weighted by Gasteiger charge is -2.12. The van der Waals surface area contributed by atoms with Crippen LogP contribution in [-0.4, -0.2) is 23.6 Å². The average Bonchev–Trinajstić information content (AvgIpc) is 2.99. The lowest BCUT2D eigenvalue weighted by atomic mass is 9.98. The second-order valence-electron chi connectivity index (χ2n) is 6.78. The van der Waals surface area contributed by atoms with Gasteiger partial charge in [-0.2, -0.15) is 0 Å². The highest BCUT2D eigenvalue weighted by atomic mass is 35.5. The quantitative estimate of drug-likeness (QED) is 0.603. The molecule has 150 valence electrons. The maximum atomic E-state index is 12.3. The van der Waals surface area contributed by atoms with Gasteiger partial charge in [0.25, 0.3) is 5.91 Å². The molecule has 6 heteroatoms. The molecule has 0 spiro atoms. The monoisotopic (exact) mass is 410 g/mol. The van der Waals surface area contributed by atoms with E-state index in [0.29, 0.717) is 29.1 Å². The molecular formula is C23H23ClN2O3. The Kier molecular flexibility index (Phi) is 6.09. The number of halogens is 1. The maximum Gasteiger partial charge on any atom is 0.337 e. The first-order valence-electron chi connectivity index (χ1n) is 9.32. The number of amides is 1. The number of benzene rings is 2. The number of primary amides is 1. The molecule has 0 aliphatic rings. The Bertz CT molecular complexity index is 1070. The number of carbonyl (C=O) groups is 2. The largest absolute Gasteiger partial charge is 0.465 e. The van der Waals surface area contributed by atoms with Gasteiger partial charge in [0.1, 0.15) is 0 Å². The zero-order chi connectivity index (χ0) is 21.1. The molecule has 1 aromatic heterocycles. The van der Waals surface area contributed by atoms with Crippen LogP contribution in [0.5, 0.6) is 0 Å². The Hall–Kier alpha value is -3.05. The molecule has 0 fully saturated rings. The number of nitrogens with zero attached hydrogens (tertiary/aromatic N) is 1. The third-order valence-corrected chi connectivity index (χ3v) is 5.27. The number of esters is 1. The molecule has 0 saturated carbocycles. The number of methoxy groups -OCH3 is 1. The van der Waals surface area contributed by atoms with Crippen LogP contribution in [0.4, 0.5) is 0 Å². The minimum atomic E-state index is -0.478. The van der Waals surface area contributed by atoms with Crippen molar-refractivity contribution in [3.63, 3.8) is 0 Å². The van der Waals surface area contributed by atoms with Crippen molar-refractivity contribution >= 4 is 23.5 Å². The summed E-state index contributed by atoms with van der Waals surface area (Å²) in [6.07, 6.45) is 0.711. The Morgan fingerprint density at radius 3 is 2.38 bits per heavy atom. The maximum absolute atomic E-state index is 12.3. The number of hydrogen-bond acceptors (Lipinski definition) is 3. The summed E-state index contributed by atoms with van der Waals surface area (Å²) < 4.78 is 6.87. The summed E-state index contributed by atoms with van der Waals surface area (Å²) in [5, 5.41) is 0.666. The van der Waals surface area contributed by atoms with E-state index in [4.69, 9.17) is 22.1 Å². The first-order valence-corrected chi connectivity index (χ1v) is 9.70. The van der Waals surface area contributed by atoms with E-state index in [9.17, 15) is 9.59 Å². The second kappa shape index (κ2) is 8.53. The van der Waals surface area contributed by atoms with Crippen molar-refractivity contribution < 1.29 is 14.3 Å². The van der Waals surface area contributed by atoms with Gasteiger partial charge >= 0.3 is 5.97 Å². The summed E-state index contributed by atoms with van der Waals surface area (Å²) in [5.74, 6) is -0.883. The van der Waals surface area contributed by atoms with Gasteiger partial charge in [-0.05, 0) is 48.7 Å². The number of nitrogens with two attached hydrogens (primary N) is 1. The predicted octanol–water partition coefficient (Wildman–Crippen LogP) is 4.61. The van der Waals surface area contributed by atoms with Crippen LogP contribution in [0.15, 0.2) is 48.5 Å². The van der Waals surface area contributed by atoms with Gasteiger partial charge < -0.3 is 15.0 Å². The highest BCUT2D eigenvalue weighted by Crippen LogP contribution is 2.34. The molecule has 1 heterocycles. The SMILES string of the molecule is CCc1c(-c2ccc(C(=O)OC)cc2)c(C(N)=O)c(C)n1Cc1cccc(Cl)c1. The zero-order valence-corrected chi connectivity index (χ0v) is 17.4. The van der Waals surface area contributed by atoms with E-state index in [2.05, 4.69) is 4.57 Å². The van der Waals surface area contributed by atoms with Gasteiger partial charge in [0, 0.05) is 28.5 Å². The first-order chi connectivity index (χ1) is 13.9. The molecule has 0 unspecified atom stereocenters. The van der Waals surface area contributed by atoms with E-state index in [0.717, 1.165) is 28.1 Å². The smallest absolute Gasteiger partial charge is 0.337 e. The fourth-order valence-electron chi connectivity index (χ4n) is 3.70. The van der Waals surface area contributed by atoms with Crippen LogP contribution >= 0.6 is 11.6 Å². The van der Waals surface area contributed by atoms with Crippen LogP contribution in [0.2, 0.25) is 5.02 Å². The Morgan fingerprint density at radius 2 is 1.83 bits per heavy atom. The molecule has 3 rings (SSSR count). The van der Waals surface area contributed by atoms with Crippen LogP contribution in [0.1, 0.15) is 44.6 Å². The van der Waals surface area contributed by atoms with Crippen LogP contribution < -0.4 is 5.73 Å². The van der Waals surface area contributed by atoms with Crippen LogP contribution in [0.25, 0.3) is 11.1 Å². The van der Waals surface area contributed by atoms with Gasteiger partial charge in [0.15, 0.2) is 0 Å². The molecule has 1 amide bonds. The van der Waals surface area contributed by atoms with Crippen LogP contribution in [0.3, 0.4) is 0 Å². The molecule has 0 aliphatic heterocycles. The average molecular weight is 411 g/mol. The van der Waals surface area contributed by atoms with E-state index in [1.54, 1.807) is 12.1 Å². The zero-order valence-electron chi connectivity index (χ0n) is 16.7. The topological polar surface area (TPSA) is 74.3 Å². The van der Waals surface area contributed by atoms with Gasteiger partial charge in [-0.15, -0.1) is 0 Å². The van der Waals surface area contributed by atoms with Crippen molar-refractivity contribution in [3.05, 3.63) is 81.6 Å². The molecule has 0 atom stereocenters. The fraction of sp³-hybridized carbons (Fsp3) is 0.217. The van der Waals surface area contributed by atoms with E-state index in [-0.39, 0.29) is 0 Å². The van der Waals surface area contributed by atoms with Crippen LogP contribution in [0, 0.1) is 6.92 Å². The second-order valence-corrected chi connectivity index (χ2v) is 7.22. The first kappa shape index (κ1) is 20.7. The van der Waals surface area contributed by atoms with Crippen molar-refractivity contribution in [1.82, 2.24) is 4.57 Å². The lowest BCUT2D eigenvalue weighted by molar-refractivity contribution is 0.0600. The number of carbonyl (C=O) groups excluding carboxylic acids is 2. The summed E-state index contributed by atoms with van der Waals surface area (Å²) in [7, 11) is 1.34. The van der Waals surface area contributed by atoms with E-state index in [1.165, 1.54) is 7.11 Å². The molecule has 0 radical (unpaired) electrons. The van der Waals surface area contributed by atoms with Crippen LogP contribution in [-0.2, 0) is 17.7 Å². The van der Waals surface area contributed by atoms with Gasteiger partial charge in [-0.3, -0.25) is 4.79 Å². The molecule has 3 aromatic rings. The third-order valence-electron chi connectivity index (χ3n) is 5.04. The van der Waals surface area contributed by atoms with Crippen molar-refractivity contribution in [1.29, 1.82) is 0 Å². The normalized spacial score (nSPS) is 10.8. The summed E-state index contributed by atoms with van der Waals surface area (Å²) in [6.45, 7) is 4.52.